The average Bonchev–Trinajstić information content (AvgIpc) is 3.25. The van der Waals surface area contributed by atoms with Crippen LogP contribution in [-0.4, -0.2) is 51.4 Å². The van der Waals surface area contributed by atoms with Gasteiger partial charge in [-0.3, -0.25) is 0 Å². The quantitative estimate of drug-likeness (QED) is 0.730. The van der Waals surface area contributed by atoms with Crippen LogP contribution in [0.4, 0.5) is 11.1 Å². The lowest BCUT2D eigenvalue weighted by Gasteiger charge is -2.34. The molecule has 1 aromatic carbocycles. The van der Waals surface area contributed by atoms with E-state index in [2.05, 4.69) is 35.7 Å². The lowest BCUT2D eigenvalue weighted by molar-refractivity contribution is 0.630. The monoisotopic (exact) mass is 327 g/mol. The number of benzene rings is 1. The van der Waals surface area contributed by atoms with Crippen LogP contribution in [0.5, 0.6) is 0 Å². The van der Waals surface area contributed by atoms with Crippen LogP contribution in [0, 0.1) is 6.92 Å². The topological polar surface area (TPSA) is 63.0 Å². The molecule has 1 saturated heterocycles. The highest BCUT2D eigenvalue weighted by Gasteiger charge is 2.23. The SMILES string of the molecule is Cc1csc(N2CCN(c3nnnn3-c3ccccc3)CC2)n1. The Morgan fingerprint density at radius 2 is 1.74 bits per heavy atom. The van der Waals surface area contributed by atoms with Gasteiger partial charge in [0.05, 0.1) is 11.4 Å². The molecule has 1 aliphatic heterocycles. The minimum absolute atomic E-state index is 0.797. The van der Waals surface area contributed by atoms with Crippen LogP contribution in [0.15, 0.2) is 35.7 Å². The van der Waals surface area contributed by atoms with Crippen LogP contribution >= 0.6 is 11.3 Å². The smallest absolute Gasteiger partial charge is 0.250 e. The Kier molecular flexibility index (Phi) is 3.66. The van der Waals surface area contributed by atoms with E-state index in [0.29, 0.717) is 0 Å². The molecule has 0 saturated carbocycles. The van der Waals surface area contributed by atoms with Crippen molar-refractivity contribution in [3.63, 3.8) is 0 Å². The third kappa shape index (κ3) is 2.77. The van der Waals surface area contributed by atoms with E-state index in [1.165, 1.54) is 0 Å². The van der Waals surface area contributed by atoms with Crippen molar-refractivity contribution in [3.8, 4) is 5.69 Å². The second kappa shape index (κ2) is 5.96. The number of tetrazole rings is 1. The van der Waals surface area contributed by atoms with Gasteiger partial charge < -0.3 is 9.80 Å². The van der Waals surface area contributed by atoms with E-state index in [1.54, 1.807) is 16.0 Å². The largest absolute Gasteiger partial charge is 0.345 e. The summed E-state index contributed by atoms with van der Waals surface area (Å²) in [4.78, 5) is 9.12. The van der Waals surface area contributed by atoms with Gasteiger partial charge in [-0.05, 0) is 29.5 Å². The van der Waals surface area contributed by atoms with Crippen molar-refractivity contribution in [2.45, 2.75) is 6.92 Å². The lowest BCUT2D eigenvalue weighted by atomic mass is 10.3. The Hall–Kier alpha value is -2.48. The summed E-state index contributed by atoms with van der Waals surface area (Å²) in [6.07, 6.45) is 0. The second-order valence-corrected chi connectivity index (χ2v) is 6.31. The van der Waals surface area contributed by atoms with E-state index in [4.69, 9.17) is 0 Å². The Labute approximate surface area is 138 Å². The fraction of sp³-hybridized carbons (Fsp3) is 0.333. The molecule has 0 bridgehead atoms. The van der Waals surface area contributed by atoms with Gasteiger partial charge in [-0.25, -0.2) is 4.98 Å². The van der Waals surface area contributed by atoms with Gasteiger partial charge in [0.2, 0.25) is 5.95 Å². The van der Waals surface area contributed by atoms with Crippen molar-refractivity contribution in [3.05, 3.63) is 41.4 Å². The van der Waals surface area contributed by atoms with Crippen molar-refractivity contribution in [2.75, 3.05) is 36.0 Å². The number of hydrogen-bond donors (Lipinski definition) is 0. The van der Waals surface area contributed by atoms with Gasteiger partial charge in [-0.2, -0.15) is 4.68 Å². The van der Waals surface area contributed by atoms with Crippen LogP contribution in [0.3, 0.4) is 0 Å². The van der Waals surface area contributed by atoms with E-state index in [9.17, 15) is 0 Å². The van der Waals surface area contributed by atoms with Crippen LogP contribution in [0.2, 0.25) is 0 Å². The highest BCUT2D eigenvalue weighted by Crippen LogP contribution is 2.23. The molecule has 0 amide bonds. The van der Waals surface area contributed by atoms with E-state index in [1.807, 2.05) is 37.3 Å². The summed E-state index contributed by atoms with van der Waals surface area (Å²) in [5.74, 6) is 0.797. The van der Waals surface area contributed by atoms with Crippen molar-refractivity contribution in [1.29, 1.82) is 0 Å². The molecule has 3 aromatic rings. The second-order valence-electron chi connectivity index (χ2n) is 5.47. The minimum atomic E-state index is 0.797. The molecular weight excluding hydrogens is 310 g/mol. The van der Waals surface area contributed by atoms with Gasteiger partial charge in [0.1, 0.15) is 0 Å². The van der Waals surface area contributed by atoms with Crippen molar-refractivity contribution >= 4 is 22.4 Å². The summed E-state index contributed by atoms with van der Waals surface area (Å²) in [5.41, 5.74) is 2.06. The van der Waals surface area contributed by atoms with Crippen LogP contribution in [0.1, 0.15) is 5.69 Å². The molecule has 118 valence electrons. The molecule has 7 nitrogen and oxygen atoms in total. The number of rotatable bonds is 3. The molecule has 0 radical (unpaired) electrons. The molecule has 3 heterocycles. The van der Waals surface area contributed by atoms with Gasteiger partial charge in [0.25, 0.3) is 0 Å². The number of aromatic nitrogens is 5. The maximum Gasteiger partial charge on any atom is 0.250 e. The number of aryl methyl sites for hydroxylation is 1. The maximum absolute atomic E-state index is 4.57. The Morgan fingerprint density at radius 1 is 1.00 bits per heavy atom. The maximum atomic E-state index is 4.57. The molecule has 0 atom stereocenters. The first kappa shape index (κ1) is 14.1. The molecule has 8 heteroatoms. The zero-order valence-corrected chi connectivity index (χ0v) is 13.6. The number of anilines is 2. The third-order valence-corrected chi connectivity index (χ3v) is 4.91. The molecule has 2 aromatic heterocycles. The molecule has 1 fully saturated rings. The summed E-state index contributed by atoms with van der Waals surface area (Å²) < 4.78 is 1.79. The molecule has 0 spiro atoms. The van der Waals surface area contributed by atoms with E-state index in [-0.39, 0.29) is 0 Å². The number of hydrogen-bond acceptors (Lipinski definition) is 7. The van der Waals surface area contributed by atoms with Crippen LogP contribution < -0.4 is 9.80 Å². The first-order chi connectivity index (χ1) is 11.3. The molecule has 4 rings (SSSR count). The molecule has 0 aliphatic carbocycles. The summed E-state index contributed by atoms with van der Waals surface area (Å²) in [6.45, 7) is 5.64. The van der Waals surface area contributed by atoms with Gasteiger partial charge in [-0.1, -0.05) is 23.3 Å². The predicted molar refractivity (Wildman–Crippen MR) is 90.4 cm³/mol. The fourth-order valence-electron chi connectivity index (χ4n) is 2.70. The Morgan fingerprint density at radius 3 is 2.43 bits per heavy atom. The molecule has 23 heavy (non-hydrogen) atoms. The predicted octanol–water partition coefficient (Wildman–Crippen LogP) is 1.75. The lowest BCUT2D eigenvalue weighted by Crippen LogP contribution is -2.47. The van der Waals surface area contributed by atoms with E-state index in [0.717, 1.165) is 48.6 Å². The number of thiazole rings is 1. The zero-order chi connectivity index (χ0) is 15.6. The minimum Gasteiger partial charge on any atom is -0.345 e. The summed E-state index contributed by atoms with van der Waals surface area (Å²) in [6, 6.07) is 9.98. The highest BCUT2D eigenvalue weighted by atomic mass is 32.1. The van der Waals surface area contributed by atoms with E-state index >= 15 is 0 Å². The average molecular weight is 327 g/mol. The third-order valence-electron chi connectivity index (χ3n) is 3.89. The number of nitrogens with zero attached hydrogens (tertiary/aromatic N) is 7. The van der Waals surface area contributed by atoms with Crippen molar-refractivity contribution < 1.29 is 0 Å². The Balaban J connectivity index is 1.50. The first-order valence-corrected chi connectivity index (χ1v) is 8.45. The van der Waals surface area contributed by atoms with Gasteiger partial charge in [0, 0.05) is 31.6 Å². The normalized spacial score (nSPS) is 15.2. The van der Waals surface area contributed by atoms with E-state index < -0.39 is 0 Å². The Bertz CT molecular complexity index is 774. The fourth-order valence-corrected chi connectivity index (χ4v) is 3.56. The van der Waals surface area contributed by atoms with Gasteiger partial charge in [-0.15, -0.1) is 11.3 Å². The summed E-state index contributed by atoms with van der Waals surface area (Å²) in [5, 5.41) is 15.4. The van der Waals surface area contributed by atoms with Crippen molar-refractivity contribution in [1.82, 2.24) is 25.2 Å². The summed E-state index contributed by atoms with van der Waals surface area (Å²) in [7, 11) is 0. The standard InChI is InChI=1S/C15H17N7S/c1-12-11-23-15(16-12)21-9-7-20(8-10-21)14-17-18-19-22(14)13-5-3-2-4-6-13/h2-6,11H,7-10H2,1H3. The number of piperazine rings is 1. The molecule has 0 N–H and O–H groups in total. The van der Waals surface area contributed by atoms with Gasteiger partial charge >= 0.3 is 0 Å². The zero-order valence-electron chi connectivity index (χ0n) is 12.8. The van der Waals surface area contributed by atoms with Gasteiger partial charge in [0.15, 0.2) is 5.13 Å². The molecule has 0 unspecified atom stereocenters. The van der Waals surface area contributed by atoms with Crippen molar-refractivity contribution in [2.24, 2.45) is 0 Å². The van der Waals surface area contributed by atoms with Crippen LogP contribution in [0.25, 0.3) is 5.69 Å². The van der Waals surface area contributed by atoms with Crippen LogP contribution in [-0.2, 0) is 0 Å². The molecular formula is C15H17N7S. The first-order valence-electron chi connectivity index (χ1n) is 7.57. The summed E-state index contributed by atoms with van der Waals surface area (Å²) >= 11 is 1.71. The highest BCUT2D eigenvalue weighted by molar-refractivity contribution is 7.13. The molecule has 1 aliphatic rings. The number of para-hydroxylation sites is 1.